The molecule has 2 N–H and O–H groups in total. The molecule has 7 nitrogen and oxygen atoms in total. The van der Waals surface area contributed by atoms with Crippen LogP contribution in [0.15, 0.2) is 0 Å². The van der Waals surface area contributed by atoms with Crippen molar-refractivity contribution in [2.24, 2.45) is 0 Å². The van der Waals surface area contributed by atoms with E-state index in [-0.39, 0.29) is 23.8 Å². The van der Waals surface area contributed by atoms with Gasteiger partial charge in [-0.1, -0.05) is 20.8 Å². The van der Waals surface area contributed by atoms with E-state index in [4.69, 9.17) is 4.74 Å². The van der Waals surface area contributed by atoms with E-state index in [2.05, 4.69) is 40.3 Å². The Morgan fingerprint density at radius 1 is 1.42 bits per heavy atom. The predicted molar refractivity (Wildman–Crippen MR) is 94.5 cm³/mol. The molecule has 1 unspecified atom stereocenters. The molecular weight excluding hydrogens is 328 g/mol. The van der Waals surface area contributed by atoms with Crippen LogP contribution in [0.5, 0.6) is 0 Å². The van der Waals surface area contributed by atoms with E-state index < -0.39 is 5.60 Å². The molecule has 0 spiro atoms. The molecule has 0 radical (unpaired) electrons. The predicted octanol–water partition coefficient (Wildman–Crippen LogP) is 1.32. The molecule has 1 aromatic heterocycles. The lowest BCUT2D eigenvalue weighted by Gasteiger charge is -2.35. The van der Waals surface area contributed by atoms with E-state index in [9.17, 15) is 9.90 Å². The van der Waals surface area contributed by atoms with Crippen molar-refractivity contribution in [2.45, 2.75) is 58.1 Å². The zero-order valence-electron chi connectivity index (χ0n) is 15.1. The van der Waals surface area contributed by atoms with Crippen LogP contribution in [0.4, 0.5) is 5.13 Å². The molecule has 1 fully saturated rings. The minimum atomic E-state index is -1.01. The number of morpholine rings is 1. The number of amides is 1. The number of anilines is 1. The van der Waals surface area contributed by atoms with Crippen LogP contribution in [0.3, 0.4) is 0 Å². The topological polar surface area (TPSA) is 87.6 Å². The maximum Gasteiger partial charge on any atom is 0.222 e. The van der Waals surface area contributed by atoms with Gasteiger partial charge in [0.15, 0.2) is 0 Å². The number of aromatic nitrogens is 2. The summed E-state index contributed by atoms with van der Waals surface area (Å²) in [5, 5.41) is 13.5. The van der Waals surface area contributed by atoms with Crippen LogP contribution >= 0.6 is 11.5 Å². The second kappa shape index (κ2) is 7.33. The molecule has 2 heterocycles. The average Bonchev–Trinajstić information content (AvgIpc) is 2.93. The van der Waals surface area contributed by atoms with E-state index in [0.29, 0.717) is 19.8 Å². The monoisotopic (exact) mass is 356 g/mol. The summed E-state index contributed by atoms with van der Waals surface area (Å²) in [6.07, 6.45) is 0.0769. The van der Waals surface area contributed by atoms with Gasteiger partial charge >= 0.3 is 0 Å². The van der Waals surface area contributed by atoms with E-state index in [1.54, 1.807) is 13.8 Å². The quantitative estimate of drug-likeness (QED) is 0.827. The Balaban J connectivity index is 2.00. The zero-order valence-corrected chi connectivity index (χ0v) is 15.9. The molecule has 1 saturated heterocycles. The Labute approximate surface area is 147 Å². The normalized spacial score (nSPS) is 19.4. The van der Waals surface area contributed by atoms with E-state index in [0.717, 1.165) is 17.5 Å². The van der Waals surface area contributed by atoms with Crippen molar-refractivity contribution >= 4 is 22.6 Å². The van der Waals surface area contributed by atoms with Gasteiger partial charge in [-0.2, -0.15) is 4.37 Å². The number of nitrogens with one attached hydrogen (secondary N) is 1. The molecule has 8 heteroatoms. The fourth-order valence-electron chi connectivity index (χ4n) is 2.40. The van der Waals surface area contributed by atoms with Gasteiger partial charge in [0.05, 0.1) is 31.3 Å². The second-order valence-corrected chi connectivity index (χ2v) is 8.60. The molecule has 0 saturated carbocycles. The summed E-state index contributed by atoms with van der Waals surface area (Å²) in [5.74, 6) is 0.666. The molecule has 1 atom stereocenters. The first-order chi connectivity index (χ1) is 11.1. The lowest BCUT2D eigenvalue weighted by molar-refractivity contribution is -0.125. The molecule has 0 aromatic carbocycles. The van der Waals surface area contributed by atoms with Crippen LogP contribution in [-0.4, -0.2) is 58.3 Å². The fraction of sp³-hybridized carbons (Fsp3) is 0.812. The molecule has 0 bridgehead atoms. The molecule has 0 aliphatic carbocycles. The minimum Gasteiger partial charge on any atom is -0.390 e. The van der Waals surface area contributed by atoms with Gasteiger partial charge in [-0.25, -0.2) is 4.98 Å². The van der Waals surface area contributed by atoms with Gasteiger partial charge in [0.1, 0.15) is 5.82 Å². The summed E-state index contributed by atoms with van der Waals surface area (Å²) in [5.41, 5.74) is -1.09. The number of hydrogen-bond acceptors (Lipinski definition) is 7. The molecule has 1 aliphatic rings. The fourth-order valence-corrected chi connectivity index (χ4v) is 3.35. The van der Waals surface area contributed by atoms with Crippen molar-refractivity contribution in [3.8, 4) is 0 Å². The van der Waals surface area contributed by atoms with Crippen molar-refractivity contribution in [3.63, 3.8) is 0 Å². The minimum absolute atomic E-state index is 0.0188. The standard InChI is InChI=1S/C16H28N4O3S/c1-15(2,3)13-18-14(24-19-13)20-6-7-23-10-11(20)9-17-12(21)8-16(4,5)22/h11,22H,6-10H2,1-5H3,(H,17,21). The van der Waals surface area contributed by atoms with Crippen LogP contribution in [0, 0.1) is 0 Å². The van der Waals surface area contributed by atoms with Gasteiger partial charge < -0.3 is 20.1 Å². The van der Waals surface area contributed by atoms with Crippen LogP contribution in [0.2, 0.25) is 0 Å². The Kier molecular flexibility index (Phi) is 5.83. The summed E-state index contributed by atoms with van der Waals surface area (Å²) in [4.78, 5) is 18.7. The number of nitrogens with zero attached hydrogens (tertiary/aromatic N) is 3. The van der Waals surface area contributed by atoms with Crippen molar-refractivity contribution in [3.05, 3.63) is 5.82 Å². The first-order valence-electron chi connectivity index (χ1n) is 8.24. The van der Waals surface area contributed by atoms with Gasteiger partial charge in [-0.15, -0.1) is 0 Å². The number of hydrogen-bond donors (Lipinski definition) is 2. The largest absolute Gasteiger partial charge is 0.390 e. The summed E-state index contributed by atoms with van der Waals surface area (Å²) in [7, 11) is 0. The summed E-state index contributed by atoms with van der Waals surface area (Å²) < 4.78 is 10.0. The summed E-state index contributed by atoms with van der Waals surface area (Å²) in [6, 6.07) is 0.0188. The number of carbonyl (C=O) groups excluding carboxylic acids is 1. The molecular formula is C16H28N4O3S. The molecule has 136 valence electrons. The summed E-state index contributed by atoms with van der Waals surface area (Å²) in [6.45, 7) is 11.9. The van der Waals surface area contributed by atoms with E-state index >= 15 is 0 Å². The number of rotatable bonds is 5. The third-order valence-electron chi connectivity index (χ3n) is 3.69. The van der Waals surface area contributed by atoms with Crippen molar-refractivity contribution in [2.75, 3.05) is 31.2 Å². The van der Waals surface area contributed by atoms with Crippen LogP contribution in [-0.2, 0) is 14.9 Å². The average molecular weight is 356 g/mol. The van der Waals surface area contributed by atoms with Gasteiger partial charge in [0.25, 0.3) is 0 Å². The highest BCUT2D eigenvalue weighted by molar-refractivity contribution is 7.09. The van der Waals surface area contributed by atoms with Crippen LogP contribution < -0.4 is 10.2 Å². The molecule has 2 rings (SSSR count). The SMILES string of the molecule is CC(C)(O)CC(=O)NCC1COCCN1c1nc(C(C)(C)C)ns1. The van der Waals surface area contributed by atoms with Crippen LogP contribution in [0.25, 0.3) is 0 Å². The van der Waals surface area contributed by atoms with Crippen molar-refractivity contribution < 1.29 is 14.6 Å². The number of aliphatic hydroxyl groups is 1. The third kappa shape index (κ3) is 5.39. The number of ether oxygens (including phenoxy) is 1. The Hall–Kier alpha value is -1.25. The van der Waals surface area contributed by atoms with E-state index in [1.807, 2.05) is 0 Å². The van der Waals surface area contributed by atoms with Gasteiger partial charge in [-0.05, 0) is 13.8 Å². The van der Waals surface area contributed by atoms with Crippen molar-refractivity contribution in [1.82, 2.24) is 14.7 Å². The molecule has 1 aliphatic heterocycles. The zero-order chi connectivity index (χ0) is 18.0. The number of carbonyl (C=O) groups is 1. The smallest absolute Gasteiger partial charge is 0.222 e. The molecule has 24 heavy (non-hydrogen) atoms. The van der Waals surface area contributed by atoms with Crippen molar-refractivity contribution in [1.29, 1.82) is 0 Å². The maximum atomic E-state index is 11.9. The van der Waals surface area contributed by atoms with Gasteiger partial charge in [0.2, 0.25) is 11.0 Å². The van der Waals surface area contributed by atoms with Gasteiger partial charge in [-0.3, -0.25) is 4.79 Å². The third-order valence-corrected chi connectivity index (χ3v) is 4.44. The Bertz CT molecular complexity index is 562. The highest BCUT2D eigenvalue weighted by Crippen LogP contribution is 2.27. The van der Waals surface area contributed by atoms with Gasteiger partial charge in [0, 0.05) is 30.0 Å². The first kappa shape index (κ1) is 19.1. The Morgan fingerprint density at radius 2 is 2.12 bits per heavy atom. The highest BCUT2D eigenvalue weighted by Gasteiger charge is 2.29. The molecule has 1 amide bonds. The van der Waals surface area contributed by atoms with E-state index in [1.165, 1.54) is 11.5 Å². The van der Waals surface area contributed by atoms with Crippen LogP contribution in [0.1, 0.15) is 46.9 Å². The molecule has 1 aromatic rings. The summed E-state index contributed by atoms with van der Waals surface area (Å²) >= 11 is 1.39. The highest BCUT2D eigenvalue weighted by atomic mass is 32.1. The first-order valence-corrected chi connectivity index (χ1v) is 9.01. The lowest BCUT2D eigenvalue weighted by Crippen LogP contribution is -2.51. The lowest BCUT2D eigenvalue weighted by atomic mass is 9.96. The second-order valence-electron chi connectivity index (χ2n) is 7.87. The Morgan fingerprint density at radius 3 is 2.71 bits per heavy atom. The maximum absolute atomic E-state index is 11.9.